The lowest BCUT2D eigenvalue weighted by Crippen LogP contribution is -2.41. The molecule has 1 aliphatic carbocycles. The molecule has 2 aromatic carbocycles. The molecule has 3 aromatic rings. The summed E-state index contributed by atoms with van der Waals surface area (Å²) >= 11 is 5.67. The summed E-state index contributed by atoms with van der Waals surface area (Å²) in [4.78, 5) is 38.9. The maximum Gasteiger partial charge on any atom is 0.341 e. The van der Waals surface area contributed by atoms with Crippen LogP contribution in [0, 0.1) is 15.9 Å². The predicted molar refractivity (Wildman–Crippen MR) is 146 cm³/mol. The smallest absolute Gasteiger partial charge is 0.341 e. The van der Waals surface area contributed by atoms with Gasteiger partial charge < -0.3 is 24.8 Å². The molecular formula is C26H26FN5O5S. The number of nitro benzene ring substituents is 1. The van der Waals surface area contributed by atoms with Gasteiger partial charge in [0.15, 0.2) is 5.11 Å². The van der Waals surface area contributed by atoms with Gasteiger partial charge in [0.05, 0.1) is 16.1 Å². The minimum absolute atomic E-state index is 0.00629. The Labute approximate surface area is 222 Å². The molecule has 1 saturated heterocycles. The Bertz CT molecular complexity index is 1480. The van der Waals surface area contributed by atoms with Gasteiger partial charge in [-0.25, -0.2) is 9.18 Å². The summed E-state index contributed by atoms with van der Waals surface area (Å²) in [6, 6.07) is 8.45. The summed E-state index contributed by atoms with van der Waals surface area (Å²) in [6.45, 7) is 2.88. The molecule has 2 heterocycles. The highest BCUT2D eigenvalue weighted by Crippen LogP contribution is 2.38. The molecule has 0 unspecified atom stereocenters. The van der Waals surface area contributed by atoms with Gasteiger partial charge >= 0.3 is 5.97 Å². The predicted octanol–water partition coefficient (Wildman–Crippen LogP) is 4.38. The van der Waals surface area contributed by atoms with Crippen molar-refractivity contribution < 1.29 is 19.2 Å². The molecule has 0 bridgehead atoms. The van der Waals surface area contributed by atoms with Gasteiger partial charge in [0.2, 0.25) is 5.43 Å². The van der Waals surface area contributed by atoms with Gasteiger partial charge in [-0.3, -0.25) is 14.9 Å². The Hall–Kier alpha value is -3.90. The minimum Gasteiger partial charge on any atom is -0.477 e. The number of likely N-dealkylation sites (tertiary alicyclic amines) is 1. The standard InChI is InChI=1S/C26H26FN5O5S/c27-21-13-19-22(31(17-7-8-17)15-20(24(19)33)25(34)35)14-23(21)30(12-11-29-9-1-2-10-29)26(38)28-16-3-5-18(6-4-16)32(36)37/h3-6,13-15,17H,1-2,7-12H2,(H,28,38)(H,34,35). The number of carboxylic acids is 1. The highest BCUT2D eigenvalue weighted by atomic mass is 32.1. The number of nitro groups is 1. The van der Waals surface area contributed by atoms with Crippen molar-refractivity contribution in [2.45, 2.75) is 31.7 Å². The summed E-state index contributed by atoms with van der Waals surface area (Å²) in [5.74, 6) is -2.05. The Balaban J connectivity index is 1.54. The van der Waals surface area contributed by atoms with E-state index < -0.39 is 27.7 Å². The van der Waals surface area contributed by atoms with Crippen molar-refractivity contribution in [3.8, 4) is 0 Å². The Morgan fingerprint density at radius 1 is 1.21 bits per heavy atom. The number of aromatic carboxylic acids is 1. The van der Waals surface area contributed by atoms with Crippen LogP contribution in [0.5, 0.6) is 0 Å². The highest BCUT2D eigenvalue weighted by molar-refractivity contribution is 7.80. The fraction of sp³-hybridized carbons (Fsp3) is 0.346. The number of nitrogens with one attached hydrogen (secondary N) is 1. The molecular weight excluding hydrogens is 513 g/mol. The molecule has 10 nitrogen and oxygen atoms in total. The van der Waals surface area contributed by atoms with E-state index in [1.54, 1.807) is 15.5 Å². The molecule has 0 radical (unpaired) electrons. The number of rotatable bonds is 8. The fourth-order valence-corrected chi connectivity index (χ4v) is 5.12. The van der Waals surface area contributed by atoms with Gasteiger partial charge in [-0.15, -0.1) is 0 Å². The molecule has 12 heteroatoms. The first-order chi connectivity index (χ1) is 18.2. The number of pyridine rings is 1. The molecule has 5 rings (SSSR count). The monoisotopic (exact) mass is 539 g/mol. The molecule has 2 aliphatic rings. The number of aromatic nitrogens is 1. The molecule has 1 aliphatic heterocycles. The number of non-ortho nitro benzene ring substituents is 1. The molecule has 1 saturated carbocycles. The fourth-order valence-electron chi connectivity index (χ4n) is 4.81. The second-order valence-corrected chi connectivity index (χ2v) is 9.96. The molecule has 198 valence electrons. The van der Waals surface area contributed by atoms with E-state index in [1.165, 1.54) is 30.5 Å². The van der Waals surface area contributed by atoms with Gasteiger partial charge in [0.1, 0.15) is 11.4 Å². The van der Waals surface area contributed by atoms with Crippen LogP contribution in [0.3, 0.4) is 0 Å². The van der Waals surface area contributed by atoms with Crippen LogP contribution in [-0.4, -0.2) is 56.8 Å². The lowest BCUT2D eigenvalue weighted by Gasteiger charge is -2.29. The van der Waals surface area contributed by atoms with Crippen LogP contribution in [0.2, 0.25) is 0 Å². The van der Waals surface area contributed by atoms with E-state index in [0.29, 0.717) is 24.3 Å². The number of thiocarbonyl (C=S) groups is 1. The van der Waals surface area contributed by atoms with Crippen LogP contribution in [0.25, 0.3) is 10.9 Å². The SMILES string of the molecule is O=C(O)c1cn(C2CC2)c2cc(N(CCN3CCCC3)C(=S)Nc3ccc([N+](=O)[O-])cc3)c(F)cc2c1=O. The first kappa shape index (κ1) is 25.7. The van der Waals surface area contributed by atoms with Crippen LogP contribution in [0.1, 0.15) is 42.1 Å². The van der Waals surface area contributed by atoms with Gasteiger partial charge in [0, 0.05) is 48.5 Å². The van der Waals surface area contributed by atoms with E-state index in [9.17, 15) is 24.8 Å². The number of anilines is 2. The number of benzene rings is 2. The Kier molecular flexibility index (Phi) is 7.09. The molecule has 1 aromatic heterocycles. The van der Waals surface area contributed by atoms with Crippen molar-refractivity contribution in [3.63, 3.8) is 0 Å². The number of nitrogens with zero attached hydrogens (tertiary/aromatic N) is 4. The summed E-state index contributed by atoms with van der Waals surface area (Å²) in [6.07, 6.45) is 5.20. The third kappa shape index (κ3) is 5.22. The number of carboxylic acid groups (broad SMARTS) is 1. The Morgan fingerprint density at radius 3 is 2.50 bits per heavy atom. The summed E-state index contributed by atoms with van der Waals surface area (Å²) in [5, 5.41) is 23.8. The molecule has 38 heavy (non-hydrogen) atoms. The topological polar surface area (TPSA) is 121 Å². The quantitative estimate of drug-likeness (QED) is 0.244. The van der Waals surface area contributed by atoms with Crippen molar-refractivity contribution in [1.82, 2.24) is 9.47 Å². The zero-order valence-corrected chi connectivity index (χ0v) is 21.2. The van der Waals surface area contributed by atoms with E-state index in [1.807, 2.05) is 0 Å². The normalized spacial score (nSPS) is 15.5. The summed E-state index contributed by atoms with van der Waals surface area (Å²) < 4.78 is 17.4. The zero-order chi connectivity index (χ0) is 27.0. The molecule has 2 fully saturated rings. The van der Waals surface area contributed by atoms with Gasteiger partial charge in [-0.1, -0.05) is 0 Å². The maximum atomic E-state index is 15.7. The van der Waals surface area contributed by atoms with Crippen LogP contribution < -0.4 is 15.6 Å². The van der Waals surface area contributed by atoms with E-state index in [2.05, 4.69) is 10.2 Å². The van der Waals surface area contributed by atoms with Crippen LogP contribution in [-0.2, 0) is 0 Å². The number of hydrogen-bond acceptors (Lipinski definition) is 6. The van der Waals surface area contributed by atoms with Crippen LogP contribution in [0.4, 0.5) is 21.5 Å². The van der Waals surface area contributed by atoms with E-state index in [0.717, 1.165) is 44.8 Å². The molecule has 2 N–H and O–H groups in total. The average molecular weight is 540 g/mol. The van der Waals surface area contributed by atoms with E-state index in [4.69, 9.17) is 12.2 Å². The van der Waals surface area contributed by atoms with Crippen LogP contribution >= 0.6 is 12.2 Å². The summed E-state index contributed by atoms with van der Waals surface area (Å²) in [7, 11) is 0. The van der Waals surface area contributed by atoms with E-state index in [-0.39, 0.29) is 27.9 Å². The highest BCUT2D eigenvalue weighted by Gasteiger charge is 2.28. The molecule has 0 amide bonds. The van der Waals surface area contributed by atoms with Crippen molar-refractivity contribution >= 4 is 51.3 Å². The number of carbonyl (C=O) groups is 1. The van der Waals surface area contributed by atoms with Crippen molar-refractivity contribution in [1.29, 1.82) is 0 Å². The summed E-state index contributed by atoms with van der Waals surface area (Å²) in [5.41, 5.74) is -0.0697. The first-order valence-corrected chi connectivity index (χ1v) is 12.8. The number of fused-ring (bicyclic) bond motifs is 1. The third-order valence-electron chi connectivity index (χ3n) is 6.98. The largest absolute Gasteiger partial charge is 0.477 e. The lowest BCUT2D eigenvalue weighted by molar-refractivity contribution is -0.384. The molecule has 0 atom stereocenters. The van der Waals surface area contributed by atoms with Gasteiger partial charge in [0.25, 0.3) is 5.69 Å². The van der Waals surface area contributed by atoms with Crippen molar-refractivity contribution in [3.05, 3.63) is 74.3 Å². The minimum atomic E-state index is -1.35. The van der Waals surface area contributed by atoms with Crippen molar-refractivity contribution in [2.75, 3.05) is 36.4 Å². The van der Waals surface area contributed by atoms with Gasteiger partial charge in [-0.05, 0) is 75.3 Å². The van der Waals surface area contributed by atoms with Crippen LogP contribution in [0.15, 0.2) is 47.4 Å². The number of hydrogen-bond donors (Lipinski definition) is 2. The number of halogens is 1. The zero-order valence-electron chi connectivity index (χ0n) is 20.4. The third-order valence-corrected chi connectivity index (χ3v) is 7.30. The average Bonchev–Trinajstić information content (AvgIpc) is 3.59. The molecule has 0 spiro atoms. The lowest BCUT2D eigenvalue weighted by atomic mass is 10.1. The second-order valence-electron chi connectivity index (χ2n) is 9.57. The first-order valence-electron chi connectivity index (χ1n) is 12.4. The van der Waals surface area contributed by atoms with Crippen molar-refractivity contribution in [2.24, 2.45) is 0 Å². The Morgan fingerprint density at radius 2 is 1.89 bits per heavy atom. The second kappa shape index (κ2) is 10.5. The van der Waals surface area contributed by atoms with E-state index >= 15 is 4.39 Å². The van der Waals surface area contributed by atoms with Gasteiger partial charge in [-0.2, -0.15) is 0 Å². The maximum absolute atomic E-state index is 15.7.